The third-order valence-corrected chi connectivity index (χ3v) is 5.00. The topological polar surface area (TPSA) is 64.3 Å². The van der Waals surface area contributed by atoms with Crippen LogP contribution in [-0.4, -0.2) is 27.5 Å². The summed E-state index contributed by atoms with van der Waals surface area (Å²) >= 11 is 6.02. The molecule has 4 rings (SSSR count). The summed E-state index contributed by atoms with van der Waals surface area (Å²) in [4.78, 5) is 10.9. The molecule has 0 aliphatic carbocycles. The van der Waals surface area contributed by atoms with Crippen molar-refractivity contribution in [3.63, 3.8) is 0 Å². The van der Waals surface area contributed by atoms with Gasteiger partial charge in [0.25, 0.3) is 0 Å². The summed E-state index contributed by atoms with van der Waals surface area (Å²) in [5.41, 5.74) is 2.98. The molecule has 0 amide bonds. The molecular formula is C24H17ClF2N2O3. The second-order valence-corrected chi connectivity index (χ2v) is 7.45. The van der Waals surface area contributed by atoms with E-state index in [1.807, 2.05) is 42.5 Å². The number of rotatable bonds is 7. The molecular weight excluding hydrogens is 438 g/mol. The van der Waals surface area contributed by atoms with Crippen molar-refractivity contribution < 1.29 is 23.4 Å². The van der Waals surface area contributed by atoms with Crippen LogP contribution in [0, 0.1) is 11.6 Å². The minimum Gasteiger partial charge on any atom is -0.481 e. The molecule has 1 heterocycles. The maximum Gasteiger partial charge on any atom is 0.341 e. The Morgan fingerprint density at radius 2 is 1.69 bits per heavy atom. The zero-order valence-corrected chi connectivity index (χ0v) is 17.4. The van der Waals surface area contributed by atoms with E-state index in [4.69, 9.17) is 21.4 Å². The number of aromatic nitrogens is 2. The van der Waals surface area contributed by atoms with Crippen LogP contribution in [-0.2, 0) is 11.3 Å². The molecule has 4 aromatic rings. The molecule has 0 saturated carbocycles. The molecule has 0 fully saturated rings. The molecule has 8 heteroatoms. The highest BCUT2D eigenvalue weighted by Gasteiger charge is 2.19. The molecule has 0 radical (unpaired) electrons. The summed E-state index contributed by atoms with van der Waals surface area (Å²) in [5, 5.41) is 14.1. The van der Waals surface area contributed by atoms with Crippen LogP contribution in [0.4, 0.5) is 8.78 Å². The minimum atomic E-state index is -1.24. The van der Waals surface area contributed by atoms with E-state index in [1.165, 1.54) is 0 Å². The van der Waals surface area contributed by atoms with Crippen molar-refractivity contribution in [2.45, 2.75) is 6.54 Å². The first-order chi connectivity index (χ1) is 15.4. The number of hydrogen-bond donors (Lipinski definition) is 1. The molecule has 32 heavy (non-hydrogen) atoms. The van der Waals surface area contributed by atoms with E-state index in [1.54, 1.807) is 22.9 Å². The predicted molar refractivity (Wildman–Crippen MR) is 117 cm³/mol. The fourth-order valence-electron chi connectivity index (χ4n) is 3.27. The van der Waals surface area contributed by atoms with Gasteiger partial charge in [0, 0.05) is 16.7 Å². The standard InChI is InChI=1S/C24H17ClF2N2O3/c25-17-8-6-16(7-9-17)22-12-21(28-29(22)13-15-4-2-1-3-5-15)18-10-19(26)20(27)11-23(18)32-14-24(30)31/h1-12H,13-14H2,(H,30,31). The highest BCUT2D eigenvalue weighted by Crippen LogP contribution is 2.34. The van der Waals surface area contributed by atoms with Crippen LogP contribution in [0.15, 0.2) is 72.8 Å². The molecule has 162 valence electrons. The van der Waals surface area contributed by atoms with Crippen molar-refractivity contribution in [1.82, 2.24) is 9.78 Å². The van der Waals surface area contributed by atoms with E-state index in [9.17, 15) is 13.6 Å². The molecule has 0 aliphatic rings. The molecule has 0 unspecified atom stereocenters. The van der Waals surface area contributed by atoms with Gasteiger partial charge in [-0.2, -0.15) is 5.10 Å². The zero-order chi connectivity index (χ0) is 22.7. The largest absolute Gasteiger partial charge is 0.481 e. The Bertz CT molecular complexity index is 1260. The molecule has 1 aromatic heterocycles. The molecule has 0 aliphatic heterocycles. The number of ether oxygens (including phenoxy) is 1. The molecule has 3 aromatic carbocycles. The van der Waals surface area contributed by atoms with Gasteiger partial charge in [0.1, 0.15) is 5.75 Å². The SMILES string of the molecule is O=C(O)COc1cc(F)c(F)cc1-c1cc(-c2ccc(Cl)cc2)n(Cc2ccccc2)n1. The van der Waals surface area contributed by atoms with Crippen LogP contribution in [0.2, 0.25) is 5.02 Å². The Hall–Kier alpha value is -3.71. The van der Waals surface area contributed by atoms with Gasteiger partial charge in [-0.1, -0.05) is 54.1 Å². The Morgan fingerprint density at radius 3 is 2.38 bits per heavy atom. The van der Waals surface area contributed by atoms with Crippen molar-refractivity contribution in [3.8, 4) is 28.3 Å². The fourth-order valence-corrected chi connectivity index (χ4v) is 3.39. The first kappa shape index (κ1) is 21.5. The number of carboxylic acids is 1. The Kier molecular flexibility index (Phi) is 6.18. The Morgan fingerprint density at radius 1 is 1.00 bits per heavy atom. The number of hydrogen-bond acceptors (Lipinski definition) is 3. The van der Waals surface area contributed by atoms with Gasteiger partial charge in [-0.05, 0) is 35.4 Å². The number of nitrogens with zero attached hydrogens (tertiary/aromatic N) is 2. The summed E-state index contributed by atoms with van der Waals surface area (Å²) in [6.07, 6.45) is 0. The Labute approximate surface area is 187 Å². The highest BCUT2D eigenvalue weighted by molar-refractivity contribution is 6.30. The second kappa shape index (κ2) is 9.20. The van der Waals surface area contributed by atoms with Crippen LogP contribution in [0.3, 0.4) is 0 Å². The van der Waals surface area contributed by atoms with Crippen molar-refractivity contribution in [2.75, 3.05) is 6.61 Å². The number of benzene rings is 3. The number of carboxylic acid groups (broad SMARTS) is 1. The van der Waals surface area contributed by atoms with Crippen LogP contribution >= 0.6 is 11.6 Å². The lowest BCUT2D eigenvalue weighted by Gasteiger charge is -2.09. The quantitative estimate of drug-likeness (QED) is 0.391. The summed E-state index contributed by atoms with van der Waals surface area (Å²) in [7, 11) is 0. The van der Waals surface area contributed by atoms with E-state index in [-0.39, 0.29) is 11.3 Å². The van der Waals surface area contributed by atoms with Gasteiger partial charge in [0.2, 0.25) is 0 Å². The lowest BCUT2D eigenvalue weighted by atomic mass is 10.1. The third kappa shape index (κ3) is 4.78. The molecule has 5 nitrogen and oxygen atoms in total. The molecule has 1 N–H and O–H groups in total. The summed E-state index contributed by atoms with van der Waals surface area (Å²) in [5.74, 6) is -3.58. The predicted octanol–water partition coefficient (Wildman–Crippen LogP) is 5.66. The van der Waals surface area contributed by atoms with Crippen molar-refractivity contribution in [3.05, 3.63) is 95.0 Å². The van der Waals surface area contributed by atoms with Crippen LogP contribution in [0.25, 0.3) is 22.5 Å². The first-order valence-corrected chi connectivity index (χ1v) is 10.0. The van der Waals surface area contributed by atoms with Crippen LogP contribution in [0.1, 0.15) is 5.56 Å². The van der Waals surface area contributed by atoms with Crippen molar-refractivity contribution >= 4 is 17.6 Å². The lowest BCUT2D eigenvalue weighted by molar-refractivity contribution is -0.139. The van der Waals surface area contributed by atoms with Gasteiger partial charge < -0.3 is 9.84 Å². The maximum atomic E-state index is 14.1. The fraction of sp³-hybridized carbons (Fsp3) is 0.0833. The number of aliphatic carboxylic acids is 1. The third-order valence-electron chi connectivity index (χ3n) is 4.74. The second-order valence-electron chi connectivity index (χ2n) is 7.01. The smallest absolute Gasteiger partial charge is 0.341 e. The first-order valence-electron chi connectivity index (χ1n) is 9.62. The molecule has 0 spiro atoms. The van der Waals surface area contributed by atoms with E-state index in [2.05, 4.69) is 5.10 Å². The van der Waals surface area contributed by atoms with Gasteiger partial charge in [-0.3, -0.25) is 4.68 Å². The van der Waals surface area contributed by atoms with E-state index >= 15 is 0 Å². The van der Waals surface area contributed by atoms with E-state index in [0.717, 1.165) is 29.0 Å². The normalized spacial score (nSPS) is 10.8. The van der Waals surface area contributed by atoms with Crippen molar-refractivity contribution in [2.24, 2.45) is 0 Å². The number of halogens is 3. The van der Waals surface area contributed by atoms with Gasteiger partial charge in [-0.25, -0.2) is 13.6 Å². The zero-order valence-electron chi connectivity index (χ0n) is 16.6. The summed E-state index contributed by atoms with van der Waals surface area (Å²) in [6.45, 7) is -0.277. The van der Waals surface area contributed by atoms with Gasteiger partial charge in [0.05, 0.1) is 17.9 Å². The van der Waals surface area contributed by atoms with E-state index in [0.29, 0.717) is 17.3 Å². The van der Waals surface area contributed by atoms with E-state index < -0.39 is 24.2 Å². The highest BCUT2D eigenvalue weighted by atomic mass is 35.5. The van der Waals surface area contributed by atoms with Gasteiger partial charge in [-0.15, -0.1) is 0 Å². The van der Waals surface area contributed by atoms with Gasteiger partial charge >= 0.3 is 5.97 Å². The Balaban J connectivity index is 1.83. The molecule has 0 bridgehead atoms. The van der Waals surface area contributed by atoms with Crippen LogP contribution < -0.4 is 4.74 Å². The molecule has 0 saturated heterocycles. The monoisotopic (exact) mass is 454 g/mol. The minimum absolute atomic E-state index is 0.113. The average molecular weight is 455 g/mol. The summed E-state index contributed by atoms with van der Waals surface area (Å²) in [6, 6.07) is 20.3. The average Bonchev–Trinajstić information content (AvgIpc) is 3.19. The number of carbonyl (C=O) groups is 1. The maximum absolute atomic E-state index is 14.1. The van der Waals surface area contributed by atoms with Crippen molar-refractivity contribution in [1.29, 1.82) is 0 Å². The lowest BCUT2D eigenvalue weighted by Crippen LogP contribution is -2.10. The van der Waals surface area contributed by atoms with Gasteiger partial charge in [0.15, 0.2) is 18.2 Å². The summed E-state index contributed by atoms with van der Waals surface area (Å²) < 4.78 is 34.8. The van der Waals surface area contributed by atoms with Crippen LogP contribution in [0.5, 0.6) is 5.75 Å². The molecule has 0 atom stereocenters.